The number of anilines is 2. The van der Waals surface area contributed by atoms with Gasteiger partial charge >= 0.3 is 11.9 Å². The molecule has 2 heterocycles. The first kappa shape index (κ1) is 15.9. The predicted octanol–water partition coefficient (Wildman–Crippen LogP) is 2.53. The first-order valence-electron chi connectivity index (χ1n) is 7.17. The lowest BCUT2D eigenvalue weighted by molar-refractivity contribution is -0.147. The largest absolute Gasteiger partial charge is 0.474 e. The number of aromatic nitrogens is 2. The number of nitrogens with zero attached hydrogens (tertiary/aromatic N) is 2. The van der Waals surface area contributed by atoms with E-state index >= 15 is 0 Å². The molecule has 7 nitrogen and oxygen atoms in total. The molecule has 1 amide bonds. The zero-order valence-corrected chi connectivity index (χ0v) is 13.6. The fraction of sp³-hybridized carbons (Fsp3) is 0.125. The Balaban J connectivity index is 2.05. The molecular formula is C16H14N4O3S. The van der Waals surface area contributed by atoms with Gasteiger partial charge in [-0.15, -0.1) is 11.3 Å². The van der Waals surface area contributed by atoms with Gasteiger partial charge in [0.2, 0.25) is 0 Å². The van der Waals surface area contributed by atoms with Crippen molar-refractivity contribution in [3.05, 3.63) is 35.5 Å². The van der Waals surface area contributed by atoms with Crippen molar-refractivity contribution in [3.8, 4) is 11.1 Å². The van der Waals surface area contributed by atoms with Gasteiger partial charge in [-0.2, -0.15) is 0 Å². The SMILES string of the molecule is CCc1sc2ncnc(N)c2c1-c1ccc(NC(=O)C(=O)O)cc1. The Morgan fingerprint density at radius 1 is 1.25 bits per heavy atom. The molecule has 0 spiro atoms. The lowest BCUT2D eigenvalue weighted by Gasteiger charge is -2.07. The van der Waals surface area contributed by atoms with Crippen LogP contribution in [0.25, 0.3) is 21.3 Å². The highest BCUT2D eigenvalue weighted by atomic mass is 32.1. The molecule has 0 atom stereocenters. The topological polar surface area (TPSA) is 118 Å². The summed E-state index contributed by atoms with van der Waals surface area (Å²) in [7, 11) is 0. The maximum Gasteiger partial charge on any atom is 0.394 e. The molecule has 0 radical (unpaired) electrons. The summed E-state index contributed by atoms with van der Waals surface area (Å²) < 4.78 is 0. The van der Waals surface area contributed by atoms with E-state index in [1.165, 1.54) is 6.33 Å². The Hall–Kier alpha value is -3.00. The molecule has 0 unspecified atom stereocenters. The number of hydrogen-bond acceptors (Lipinski definition) is 6. The summed E-state index contributed by atoms with van der Waals surface area (Å²) in [5.41, 5.74) is 8.32. The average Bonchev–Trinajstić information content (AvgIpc) is 2.95. The fourth-order valence-electron chi connectivity index (χ4n) is 2.46. The number of thiophene rings is 1. The Bertz CT molecular complexity index is 934. The molecule has 2 aromatic heterocycles. The highest BCUT2D eigenvalue weighted by Crippen LogP contribution is 2.40. The number of carboxylic acid groups (broad SMARTS) is 1. The Morgan fingerprint density at radius 2 is 1.96 bits per heavy atom. The number of carboxylic acids is 1. The molecule has 0 saturated carbocycles. The summed E-state index contributed by atoms with van der Waals surface area (Å²) in [6, 6.07) is 6.92. The number of aliphatic carboxylic acids is 1. The van der Waals surface area contributed by atoms with Crippen molar-refractivity contribution in [2.75, 3.05) is 11.1 Å². The van der Waals surface area contributed by atoms with Gasteiger partial charge in [-0.05, 0) is 24.1 Å². The molecule has 1 aromatic carbocycles. The minimum absolute atomic E-state index is 0.410. The molecule has 0 saturated heterocycles. The van der Waals surface area contributed by atoms with Crippen LogP contribution in [0.4, 0.5) is 11.5 Å². The summed E-state index contributed by atoms with van der Waals surface area (Å²) in [5.74, 6) is -2.18. The van der Waals surface area contributed by atoms with Crippen molar-refractivity contribution >= 4 is 44.9 Å². The van der Waals surface area contributed by atoms with Gasteiger partial charge in [-0.25, -0.2) is 14.8 Å². The van der Waals surface area contributed by atoms with Crippen LogP contribution in [0.2, 0.25) is 0 Å². The van der Waals surface area contributed by atoms with E-state index in [1.54, 1.807) is 23.5 Å². The number of nitrogen functional groups attached to an aromatic ring is 1. The zero-order chi connectivity index (χ0) is 17.3. The van der Waals surface area contributed by atoms with E-state index in [0.717, 1.165) is 32.6 Å². The molecule has 0 fully saturated rings. The van der Waals surface area contributed by atoms with Crippen molar-refractivity contribution in [2.24, 2.45) is 0 Å². The molecule has 3 rings (SSSR count). The minimum Gasteiger partial charge on any atom is -0.474 e. The van der Waals surface area contributed by atoms with Crippen molar-refractivity contribution in [2.45, 2.75) is 13.3 Å². The normalized spacial score (nSPS) is 10.7. The number of amides is 1. The molecule has 0 aliphatic rings. The van der Waals surface area contributed by atoms with Gasteiger partial charge < -0.3 is 16.2 Å². The van der Waals surface area contributed by atoms with E-state index < -0.39 is 11.9 Å². The van der Waals surface area contributed by atoms with Crippen LogP contribution in [0.5, 0.6) is 0 Å². The van der Waals surface area contributed by atoms with Crippen LogP contribution >= 0.6 is 11.3 Å². The molecule has 8 heteroatoms. The molecule has 0 aliphatic heterocycles. The van der Waals surface area contributed by atoms with E-state index in [0.29, 0.717) is 11.5 Å². The number of carbonyl (C=O) groups is 2. The van der Waals surface area contributed by atoms with Crippen LogP contribution in [0.15, 0.2) is 30.6 Å². The maximum atomic E-state index is 11.2. The van der Waals surface area contributed by atoms with Crippen molar-refractivity contribution in [1.82, 2.24) is 9.97 Å². The van der Waals surface area contributed by atoms with Gasteiger partial charge in [0.25, 0.3) is 0 Å². The van der Waals surface area contributed by atoms with E-state index in [2.05, 4.69) is 22.2 Å². The van der Waals surface area contributed by atoms with Gasteiger partial charge in [0.05, 0.1) is 5.39 Å². The number of carbonyl (C=O) groups excluding carboxylic acids is 1. The third-order valence-corrected chi connectivity index (χ3v) is 4.78. The lowest BCUT2D eigenvalue weighted by Crippen LogP contribution is -2.21. The standard InChI is InChI=1S/C16H14N4O3S/c1-2-10-11(12-13(17)18-7-19-15(12)24-10)8-3-5-9(6-4-8)20-14(21)16(22)23/h3-7H,2H2,1H3,(H,20,21)(H,22,23)(H2,17,18,19). The van der Waals surface area contributed by atoms with Crippen LogP contribution in [0.1, 0.15) is 11.8 Å². The number of nitrogens with two attached hydrogens (primary N) is 1. The molecule has 3 aromatic rings. The van der Waals surface area contributed by atoms with E-state index in [9.17, 15) is 9.59 Å². The fourth-order valence-corrected chi connectivity index (χ4v) is 3.57. The van der Waals surface area contributed by atoms with Gasteiger partial charge in [0.15, 0.2) is 0 Å². The summed E-state index contributed by atoms with van der Waals surface area (Å²) in [5, 5.41) is 11.8. The second-order valence-corrected chi connectivity index (χ2v) is 6.11. The molecule has 122 valence electrons. The highest BCUT2D eigenvalue weighted by Gasteiger charge is 2.17. The number of aryl methyl sites for hydroxylation is 1. The van der Waals surface area contributed by atoms with Crippen LogP contribution in [-0.4, -0.2) is 27.0 Å². The van der Waals surface area contributed by atoms with Crippen molar-refractivity contribution < 1.29 is 14.7 Å². The van der Waals surface area contributed by atoms with Crippen LogP contribution in [0, 0.1) is 0 Å². The zero-order valence-electron chi connectivity index (χ0n) is 12.7. The third-order valence-electron chi connectivity index (χ3n) is 3.54. The molecule has 0 aliphatic carbocycles. The number of hydrogen-bond donors (Lipinski definition) is 3. The second kappa shape index (κ2) is 6.25. The van der Waals surface area contributed by atoms with E-state index in [4.69, 9.17) is 10.8 Å². The molecule has 0 bridgehead atoms. The molecule has 4 N–H and O–H groups in total. The molecular weight excluding hydrogens is 328 g/mol. The minimum atomic E-state index is -1.53. The number of rotatable bonds is 3. The van der Waals surface area contributed by atoms with Crippen LogP contribution in [-0.2, 0) is 16.0 Å². The van der Waals surface area contributed by atoms with Gasteiger partial charge in [0.1, 0.15) is 17.0 Å². The third kappa shape index (κ3) is 2.79. The van der Waals surface area contributed by atoms with Gasteiger partial charge in [-0.1, -0.05) is 19.1 Å². The van der Waals surface area contributed by atoms with Crippen molar-refractivity contribution in [1.29, 1.82) is 0 Å². The monoisotopic (exact) mass is 342 g/mol. The smallest absolute Gasteiger partial charge is 0.394 e. The summed E-state index contributed by atoms with van der Waals surface area (Å²) in [4.78, 5) is 32.1. The highest BCUT2D eigenvalue weighted by molar-refractivity contribution is 7.19. The molecule has 24 heavy (non-hydrogen) atoms. The van der Waals surface area contributed by atoms with Gasteiger partial charge in [0, 0.05) is 16.1 Å². The maximum absolute atomic E-state index is 11.2. The Morgan fingerprint density at radius 3 is 2.58 bits per heavy atom. The predicted molar refractivity (Wildman–Crippen MR) is 92.9 cm³/mol. The number of benzene rings is 1. The Labute approximate surface area is 141 Å². The van der Waals surface area contributed by atoms with Crippen molar-refractivity contribution in [3.63, 3.8) is 0 Å². The average molecular weight is 342 g/mol. The second-order valence-electron chi connectivity index (χ2n) is 5.03. The first-order valence-corrected chi connectivity index (χ1v) is 7.99. The summed E-state index contributed by atoms with van der Waals surface area (Å²) in [6.07, 6.45) is 2.27. The van der Waals surface area contributed by atoms with E-state index in [-0.39, 0.29) is 0 Å². The first-order chi connectivity index (χ1) is 11.5. The lowest BCUT2D eigenvalue weighted by atomic mass is 10.0. The Kier molecular flexibility index (Phi) is 4.13. The number of fused-ring (bicyclic) bond motifs is 1. The van der Waals surface area contributed by atoms with Gasteiger partial charge in [-0.3, -0.25) is 4.79 Å². The van der Waals surface area contributed by atoms with Crippen LogP contribution in [0.3, 0.4) is 0 Å². The van der Waals surface area contributed by atoms with E-state index in [1.807, 2.05) is 12.1 Å². The summed E-state index contributed by atoms with van der Waals surface area (Å²) in [6.45, 7) is 2.05. The summed E-state index contributed by atoms with van der Waals surface area (Å²) >= 11 is 1.57. The van der Waals surface area contributed by atoms with Crippen LogP contribution < -0.4 is 11.1 Å². The quantitative estimate of drug-likeness (QED) is 0.629. The number of nitrogens with one attached hydrogen (secondary N) is 1.